The Morgan fingerprint density at radius 1 is 1.18 bits per heavy atom. The van der Waals surface area contributed by atoms with Crippen LogP contribution in [0.3, 0.4) is 0 Å². The van der Waals surface area contributed by atoms with E-state index >= 15 is 0 Å². The molecule has 2 fully saturated rings. The molecule has 3 rings (SSSR count). The molecule has 0 amide bonds. The summed E-state index contributed by atoms with van der Waals surface area (Å²) >= 11 is 5.86. The van der Waals surface area contributed by atoms with Crippen LogP contribution in [-0.2, 0) is 14.3 Å². The summed E-state index contributed by atoms with van der Waals surface area (Å²) < 4.78 is 5.81. The molecule has 122 valence electrons. The number of carbonyl (C=O) groups excluding carboxylic acids is 2. The van der Waals surface area contributed by atoms with Gasteiger partial charge in [0.1, 0.15) is 5.60 Å². The third-order valence-corrected chi connectivity index (χ3v) is 6.04. The van der Waals surface area contributed by atoms with E-state index in [0.717, 1.165) is 38.5 Å². The summed E-state index contributed by atoms with van der Waals surface area (Å²) in [7, 11) is 0. The van der Waals surface area contributed by atoms with Crippen molar-refractivity contribution in [1.82, 2.24) is 0 Å². The van der Waals surface area contributed by atoms with Crippen LogP contribution in [0.15, 0.2) is 11.6 Å². The minimum atomic E-state index is -1.09. The summed E-state index contributed by atoms with van der Waals surface area (Å²) in [5.41, 5.74) is 0.883. The van der Waals surface area contributed by atoms with Crippen molar-refractivity contribution in [2.45, 2.75) is 81.6 Å². The molecule has 2 atom stereocenters. The van der Waals surface area contributed by atoms with Crippen LogP contribution in [0.25, 0.3) is 0 Å². The van der Waals surface area contributed by atoms with E-state index in [1.165, 1.54) is 31.3 Å². The number of hydrogen-bond acceptors (Lipinski definition) is 3. The minimum Gasteiger partial charge on any atom is -0.457 e. The quantitative estimate of drug-likeness (QED) is 0.335. The van der Waals surface area contributed by atoms with Gasteiger partial charge in [0.05, 0.1) is 0 Å². The van der Waals surface area contributed by atoms with E-state index in [9.17, 15) is 9.59 Å². The number of ether oxygens (including phenoxy) is 1. The topological polar surface area (TPSA) is 43.4 Å². The average Bonchev–Trinajstić information content (AvgIpc) is 3.07. The summed E-state index contributed by atoms with van der Waals surface area (Å²) in [6, 6.07) is 0. The molecule has 0 radical (unpaired) electrons. The van der Waals surface area contributed by atoms with Crippen LogP contribution >= 0.6 is 11.6 Å². The number of carbonyl (C=O) groups is 2. The van der Waals surface area contributed by atoms with Gasteiger partial charge in [0.2, 0.25) is 0 Å². The molecule has 2 unspecified atom stereocenters. The Hall–Kier alpha value is -0.830. The summed E-state index contributed by atoms with van der Waals surface area (Å²) in [5, 5.41) is -1.09. The average molecular weight is 325 g/mol. The fourth-order valence-corrected chi connectivity index (χ4v) is 4.45. The highest BCUT2D eigenvalue weighted by Gasteiger charge is 2.51. The van der Waals surface area contributed by atoms with Crippen molar-refractivity contribution in [3.8, 4) is 0 Å². The zero-order chi connectivity index (χ0) is 15.6. The Morgan fingerprint density at radius 2 is 1.95 bits per heavy atom. The highest BCUT2D eigenvalue weighted by Crippen LogP contribution is 2.45. The third-order valence-electron chi connectivity index (χ3n) is 5.62. The summed E-state index contributed by atoms with van der Waals surface area (Å²) in [6.07, 6.45) is 13.7. The smallest absolute Gasteiger partial charge is 0.332 e. The van der Waals surface area contributed by atoms with Crippen LogP contribution in [-0.4, -0.2) is 22.7 Å². The lowest BCUT2D eigenvalue weighted by Crippen LogP contribution is -2.52. The number of ketones is 1. The van der Waals surface area contributed by atoms with E-state index in [2.05, 4.69) is 6.08 Å². The Labute approximate surface area is 137 Å². The molecule has 3 aliphatic rings. The van der Waals surface area contributed by atoms with Crippen LogP contribution in [0.1, 0.15) is 70.6 Å². The maximum atomic E-state index is 12.2. The monoisotopic (exact) mass is 324 g/mol. The molecular weight excluding hydrogens is 300 g/mol. The summed E-state index contributed by atoms with van der Waals surface area (Å²) in [5.74, 6) is -0.348. The number of hydrogen-bond donors (Lipinski definition) is 0. The number of halogens is 1. The van der Waals surface area contributed by atoms with E-state index in [-0.39, 0.29) is 5.78 Å². The first-order chi connectivity index (χ1) is 10.6. The number of Topliss-reactive ketones (excluding diaryl/α,β-unsaturated/α-hetero) is 1. The molecule has 22 heavy (non-hydrogen) atoms. The first-order valence-electron chi connectivity index (χ1n) is 8.68. The van der Waals surface area contributed by atoms with E-state index < -0.39 is 16.9 Å². The summed E-state index contributed by atoms with van der Waals surface area (Å²) in [4.78, 5) is 24.2. The molecule has 0 N–H and O–H groups in total. The van der Waals surface area contributed by atoms with Gasteiger partial charge in [0.25, 0.3) is 0 Å². The molecule has 2 aliphatic carbocycles. The number of allylic oxidation sites excluding steroid dienone is 2. The van der Waals surface area contributed by atoms with Gasteiger partial charge in [-0.25, -0.2) is 4.79 Å². The molecule has 1 saturated heterocycles. The van der Waals surface area contributed by atoms with Crippen molar-refractivity contribution in [3.63, 3.8) is 0 Å². The maximum absolute atomic E-state index is 12.2. The van der Waals surface area contributed by atoms with Crippen LogP contribution in [0, 0.1) is 5.92 Å². The molecule has 0 aromatic heterocycles. The van der Waals surface area contributed by atoms with Gasteiger partial charge in [0, 0.05) is 6.42 Å². The van der Waals surface area contributed by atoms with Crippen molar-refractivity contribution in [2.24, 2.45) is 5.92 Å². The molecule has 0 spiro atoms. The second-order valence-electron chi connectivity index (χ2n) is 7.08. The van der Waals surface area contributed by atoms with E-state index in [4.69, 9.17) is 16.3 Å². The molecule has 0 aromatic carbocycles. The van der Waals surface area contributed by atoms with Gasteiger partial charge in [-0.1, -0.05) is 24.5 Å². The lowest BCUT2D eigenvalue weighted by Gasteiger charge is -2.42. The van der Waals surface area contributed by atoms with Crippen LogP contribution in [0.5, 0.6) is 0 Å². The van der Waals surface area contributed by atoms with E-state index in [0.29, 0.717) is 12.3 Å². The van der Waals surface area contributed by atoms with Gasteiger partial charge in [-0.3, -0.25) is 4.79 Å². The van der Waals surface area contributed by atoms with Crippen LogP contribution in [0.2, 0.25) is 0 Å². The molecule has 1 aliphatic heterocycles. The zero-order valence-corrected chi connectivity index (χ0v) is 13.9. The van der Waals surface area contributed by atoms with Gasteiger partial charge < -0.3 is 4.74 Å². The predicted octanol–water partition coefficient (Wildman–Crippen LogP) is 4.32. The van der Waals surface area contributed by atoms with Crippen LogP contribution in [0.4, 0.5) is 0 Å². The predicted molar refractivity (Wildman–Crippen MR) is 85.8 cm³/mol. The summed E-state index contributed by atoms with van der Waals surface area (Å²) in [6.45, 7) is 0. The number of rotatable bonds is 4. The number of esters is 1. The third kappa shape index (κ3) is 3.24. The highest BCUT2D eigenvalue weighted by molar-refractivity contribution is 6.41. The fraction of sp³-hybridized carbons (Fsp3) is 0.778. The zero-order valence-electron chi connectivity index (χ0n) is 13.1. The Morgan fingerprint density at radius 3 is 2.59 bits per heavy atom. The van der Waals surface area contributed by atoms with Gasteiger partial charge in [-0.05, 0) is 57.3 Å². The van der Waals surface area contributed by atoms with Gasteiger partial charge >= 0.3 is 5.97 Å². The Balaban J connectivity index is 1.75. The Bertz CT molecular complexity index is 459. The second kappa shape index (κ2) is 6.74. The Kier molecular flexibility index (Phi) is 4.91. The molecule has 1 heterocycles. The standard InChI is InChI=1S/C18H25ClO3/c19-16-15(20)12-18(22-17(16)21,14-8-4-5-9-14)11-10-13-6-2-1-3-7-13/h6,14,16H,1-5,7-12H2. The largest absolute Gasteiger partial charge is 0.457 e. The van der Waals surface area contributed by atoms with Crippen molar-refractivity contribution in [2.75, 3.05) is 0 Å². The van der Waals surface area contributed by atoms with Gasteiger partial charge in [0.15, 0.2) is 11.2 Å². The van der Waals surface area contributed by atoms with Crippen molar-refractivity contribution in [1.29, 1.82) is 0 Å². The lowest BCUT2D eigenvalue weighted by atomic mass is 9.75. The van der Waals surface area contributed by atoms with Gasteiger partial charge in [-0.15, -0.1) is 11.6 Å². The molecule has 4 heteroatoms. The molecule has 0 bridgehead atoms. The highest BCUT2D eigenvalue weighted by atomic mass is 35.5. The number of alkyl halides is 1. The fourth-order valence-electron chi connectivity index (χ4n) is 4.33. The van der Waals surface area contributed by atoms with Crippen molar-refractivity contribution >= 4 is 23.4 Å². The maximum Gasteiger partial charge on any atom is 0.332 e. The first kappa shape index (κ1) is 16.0. The molecule has 0 aromatic rings. The lowest BCUT2D eigenvalue weighted by molar-refractivity contribution is -0.177. The van der Waals surface area contributed by atoms with Crippen molar-refractivity contribution in [3.05, 3.63) is 11.6 Å². The number of cyclic esters (lactones) is 1. The van der Waals surface area contributed by atoms with E-state index in [1.807, 2.05) is 0 Å². The molecule has 3 nitrogen and oxygen atoms in total. The molecule has 1 saturated carbocycles. The second-order valence-corrected chi connectivity index (χ2v) is 7.52. The molecular formula is C18H25ClO3. The minimum absolute atomic E-state index is 0.151. The van der Waals surface area contributed by atoms with Crippen LogP contribution < -0.4 is 0 Å². The normalized spacial score (nSPS) is 33.7. The SMILES string of the molecule is O=C1CC(CCC2=CCCCC2)(C2CCCC2)OC(=O)C1Cl. The van der Waals surface area contributed by atoms with Gasteiger partial charge in [-0.2, -0.15) is 0 Å². The first-order valence-corrected chi connectivity index (χ1v) is 9.12. The van der Waals surface area contributed by atoms with Crippen molar-refractivity contribution < 1.29 is 14.3 Å². The van der Waals surface area contributed by atoms with E-state index in [1.54, 1.807) is 0 Å².